The van der Waals surface area contributed by atoms with E-state index in [2.05, 4.69) is 0 Å². The summed E-state index contributed by atoms with van der Waals surface area (Å²) in [7, 11) is 0. The maximum atomic E-state index is 11.4. The molecule has 0 aromatic heterocycles. The number of carbonyl (C=O) groups is 4. The van der Waals surface area contributed by atoms with Crippen LogP contribution in [-0.2, 0) is 42.9 Å². The summed E-state index contributed by atoms with van der Waals surface area (Å²) in [5, 5.41) is 0. The van der Waals surface area contributed by atoms with Gasteiger partial charge in [0, 0.05) is 0 Å². The van der Waals surface area contributed by atoms with E-state index in [4.69, 9.17) is 23.7 Å². The first kappa shape index (κ1) is 20.7. The molecule has 0 aromatic carbocycles. The third-order valence-corrected chi connectivity index (χ3v) is 4.03. The fraction of sp³-hybridized carbons (Fsp3) is 0.714. The predicted octanol–water partition coefficient (Wildman–Crippen LogP) is -0.762. The molecule has 1 saturated heterocycles. The first-order valence-electron chi connectivity index (χ1n) is 7.08. The fourth-order valence-electron chi connectivity index (χ4n) is 2.19. The summed E-state index contributed by atoms with van der Waals surface area (Å²) in [5.41, 5.74) is 0. The summed E-state index contributed by atoms with van der Waals surface area (Å²) >= 11 is 1.52. The van der Waals surface area contributed by atoms with Gasteiger partial charge in [0.05, 0.1) is 0 Å². The topological polar surface area (TPSA) is 114 Å². The van der Waals surface area contributed by atoms with Crippen molar-refractivity contribution in [3.05, 3.63) is 0 Å². The Balaban J connectivity index is 3.11. The van der Waals surface area contributed by atoms with Crippen molar-refractivity contribution in [1.29, 1.82) is 0 Å². The molecule has 1 aliphatic rings. The van der Waals surface area contributed by atoms with Gasteiger partial charge in [-0.3, -0.25) is 0 Å². The van der Waals surface area contributed by atoms with E-state index in [1.165, 1.54) is 50.0 Å². The molecule has 135 valence electrons. The molecule has 10 heteroatoms. The van der Waals surface area contributed by atoms with E-state index >= 15 is 0 Å². The summed E-state index contributed by atoms with van der Waals surface area (Å²) < 4.78 is 25.5. The van der Waals surface area contributed by atoms with Gasteiger partial charge in [-0.1, -0.05) is 0 Å². The molecule has 5 atom stereocenters. The van der Waals surface area contributed by atoms with Crippen LogP contribution in [0.15, 0.2) is 0 Å². The van der Waals surface area contributed by atoms with Crippen molar-refractivity contribution in [2.24, 2.45) is 0 Å². The quantitative estimate of drug-likeness (QED) is 0.298. The SMILES string of the molecule is CC(=O)OCC1OC([Te])C(OC(C)=O)C(OC(C)=O)C1OC(C)=O. The summed E-state index contributed by atoms with van der Waals surface area (Å²) in [5.74, 6) is -2.43. The Morgan fingerprint density at radius 2 is 1.25 bits per heavy atom. The molecule has 5 unspecified atom stereocenters. The zero-order valence-electron chi connectivity index (χ0n) is 13.7. The van der Waals surface area contributed by atoms with E-state index in [1.54, 1.807) is 0 Å². The van der Waals surface area contributed by atoms with Gasteiger partial charge in [-0.2, -0.15) is 0 Å². The van der Waals surface area contributed by atoms with Gasteiger partial charge >= 0.3 is 152 Å². The molecule has 0 aromatic rings. The van der Waals surface area contributed by atoms with Crippen LogP contribution < -0.4 is 0 Å². The van der Waals surface area contributed by atoms with Gasteiger partial charge in [-0.25, -0.2) is 0 Å². The van der Waals surface area contributed by atoms with Crippen LogP contribution in [0.25, 0.3) is 0 Å². The first-order valence-corrected chi connectivity index (χ1v) is 8.42. The average Bonchev–Trinajstić information content (AvgIpc) is 2.42. The maximum absolute atomic E-state index is 11.4. The molecule has 1 radical (unpaired) electrons. The third-order valence-electron chi connectivity index (χ3n) is 2.95. The van der Waals surface area contributed by atoms with Gasteiger partial charge in [0.25, 0.3) is 0 Å². The van der Waals surface area contributed by atoms with Crippen molar-refractivity contribution in [2.45, 2.75) is 56.3 Å². The second-order valence-electron chi connectivity index (χ2n) is 5.07. The molecular formula is C14H19O9Te. The Hall–Kier alpha value is -1.37. The van der Waals surface area contributed by atoms with E-state index in [9.17, 15) is 19.2 Å². The van der Waals surface area contributed by atoms with E-state index < -0.39 is 52.4 Å². The Morgan fingerprint density at radius 3 is 1.71 bits per heavy atom. The number of hydrogen-bond donors (Lipinski definition) is 0. The normalized spacial score (nSPS) is 29.3. The first-order chi connectivity index (χ1) is 11.1. The van der Waals surface area contributed by atoms with Gasteiger partial charge in [-0.05, 0) is 0 Å². The molecule has 0 aliphatic carbocycles. The second kappa shape index (κ2) is 9.20. The van der Waals surface area contributed by atoms with E-state index in [0.717, 1.165) is 0 Å². The van der Waals surface area contributed by atoms with E-state index in [-0.39, 0.29) is 6.61 Å². The van der Waals surface area contributed by atoms with Crippen LogP contribution in [0.2, 0.25) is 0 Å². The van der Waals surface area contributed by atoms with Crippen molar-refractivity contribution in [1.82, 2.24) is 0 Å². The van der Waals surface area contributed by atoms with Crippen molar-refractivity contribution in [3.63, 3.8) is 0 Å². The molecule has 1 heterocycles. The van der Waals surface area contributed by atoms with Gasteiger partial charge in [0.1, 0.15) is 0 Å². The molecule has 0 amide bonds. The van der Waals surface area contributed by atoms with Crippen molar-refractivity contribution in [2.75, 3.05) is 6.61 Å². The average molecular weight is 459 g/mol. The van der Waals surface area contributed by atoms with Crippen LogP contribution in [0, 0.1) is 0 Å². The van der Waals surface area contributed by atoms with E-state index in [1.807, 2.05) is 0 Å². The number of hydrogen-bond acceptors (Lipinski definition) is 9. The summed E-state index contributed by atoms with van der Waals surface area (Å²) in [6.45, 7) is 4.57. The fourth-order valence-corrected chi connectivity index (χ4v) is 3.20. The van der Waals surface area contributed by atoms with Gasteiger partial charge in [-0.15, -0.1) is 0 Å². The standard InChI is InChI=1S/C14H19O9Te/c1-6(15)19-5-10-11(20-7(2)16)12(21-8(3)17)13(14(24)23-10)22-9(4)18/h10-14H,5H2,1-4H3. The molecule has 0 saturated carbocycles. The summed E-state index contributed by atoms with van der Waals surface area (Å²) in [6.07, 6.45) is -4.00. The van der Waals surface area contributed by atoms with Crippen LogP contribution in [0.1, 0.15) is 27.7 Å². The minimum absolute atomic E-state index is 0.205. The molecule has 0 spiro atoms. The van der Waals surface area contributed by atoms with Gasteiger partial charge < -0.3 is 0 Å². The van der Waals surface area contributed by atoms with Crippen LogP contribution in [0.5, 0.6) is 0 Å². The molecule has 24 heavy (non-hydrogen) atoms. The number of ether oxygens (including phenoxy) is 5. The van der Waals surface area contributed by atoms with Crippen molar-refractivity contribution >= 4 is 46.2 Å². The zero-order chi connectivity index (χ0) is 18.4. The molecule has 1 fully saturated rings. The Kier molecular flexibility index (Phi) is 7.93. The molecule has 1 aliphatic heterocycles. The molecular weight excluding hydrogens is 440 g/mol. The van der Waals surface area contributed by atoms with Crippen LogP contribution in [-0.4, -0.2) is 81.3 Å². The zero-order valence-corrected chi connectivity index (χ0v) is 16.0. The molecule has 9 nitrogen and oxygen atoms in total. The van der Waals surface area contributed by atoms with Crippen molar-refractivity contribution in [3.8, 4) is 0 Å². The molecule has 0 N–H and O–H groups in total. The number of esters is 4. The van der Waals surface area contributed by atoms with Crippen LogP contribution in [0.4, 0.5) is 0 Å². The van der Waals surface area contributed by atoms with E-state index in [0.29, 0.717) is 0 Å². The summed E-state index contributed by atoms with van der Waals surface area (Å²) in [4.78, 5) is 45.2. The Labute approximate surface area is 152 Å². The van der Waals surface area contributed by atoms with Crippen molar-refractivity contribution < 1.29 is 42.9 Å². The minimum atomic E-state index is -1.09. The van der Waals surface area contributed by atoms with Gasteiger partial charge in [0.2, 0.25) is 0 Å². The number of carbonyl (C=O) groups excluding carboxylic acids is 4. The Morgan fingerprint density at radius 1 is 0.792 bits per heavy atom. The monoisotopic (exact) mass is 461 g/mol. The summed E-state index contributed by atoms with van der Waals surface area (Å²) in [6, 6.07) is 0. The Bertz CT molecular complexity index is 506. The predicted molar refractivity (Wildman–Crippen MR) is 77.7 cm³/mol. The van der Waals surface area contributed by atoms with Gasteiger partial charge in [0.15, 0.2) is 0 Å². The molecule has 0 bridgehead atoms. The number of rotatable bonds is 5. The second-order valence-corrected chi connectivity index (χ2v) is 6.39. The van der Waals surface area contributed by atoms with Crippen LogP contribution in [0.3, 0.4) is 0 Å². The molecule has 1 rings (SSSR count). The third kappa shape index (κ3) is 6.26. The van der Waals surface area contributed by atoms with Crippen LogP contribution >= 0.6 is 0 Å².